The Balaban J connectivity index is 1.81. The van der Waals surface area contributed by atoms with Crippen LogP contribution in [0.15, 0.2) is 60.7 Å². The second kappa shape index (κ2) is 9.26. The number of hydrogen-bond acceptors (Lipinski definition) is 5. The highest BCUT2D eigenvalue weighted by Crippen LogP contribution is 2.42. The Morgan fingerprint density at radius 3 is 1.46 bits per heavy atom. The van der Waals surface area contributed by atoms with Gasteiger partial charge in [0.15, 0.2) is 0 Å². The number of nitrogens with zero attached hydrogens (tertiary/aromatic N) is 1. The van der Waals surface area contributed by atoms with Crippen molar-refractivity contribution >= 4 is 17.1 Å². The smallest absolute Gasteiger partial charge is 0.133 e. The van der Waals surface area contributed by atoms with Gasteiger partial charge in [-0.1, -0.05) is 0 Å². The van der Waals surface area contributed by atoms with Gasteiger partial charge in [0.1, 0.15) is 28.7 Å². The molecule has 0 aliphatic heterocycles. The fraction of sp³-hybridized carbons (Fsp3) is 0.200. The fourth-order valence-corrected chi connectivity index (χ4v) is 4.33. The molecular formula is C30H31NO4. The number of hydrogen-bond donors (Lipinski definition) is 3. The van der Waals surface area contributed by atoms with Gasteiger partial charge in [-0.05, 0) is 136 Å². The maximum absolute atomic E-state index is 10.2. The number of phenolic OH excluding ortho intramolecular Hbond substituents is 3. The summed E-state index contributed by atoms with van der Waals surface area (Å²) in [7, 11) is 0. The molecule has 0 radical (unpaired) electrons. The second-order valence-corrected chi connectivity index (χ2v) is 9.19. The summed E-state index contributed by atoms with van der Waals surface area (Å²) in [5, 5.41) is 30.3. The molecule has 0 unspecified atom stereocenters. The minimum absolute atomic E-state index is 0.220. The Labute approximate surface area is 206 Å². The molecule has 0 spiro atoms. The summed E-state index contributed by atoms with van der Waals surface area (Å²) in [4.78, 5) is 2.13. The maximum Gasteiger partial charge on any atom is 0.133 e. The minimum atomic E-state index is 0.220. The van der Waals surface area contributed by atoms with Crippen LogP contribution in [-0.2, 0) is 0 Å². The Morgan fingerprint density at radius 2 is 1.00 bits per heavy atom. The number of aryl methyl sites for hydroxylation is 6. The Kier molecular flexibility index (Phi) is 6.35. The zero-order valence-corrected chi connectivity index (χ0v) is 21.0. The minimum Gasteiger partial charge on any atom is -0.508 e. The van der Waals surface area contributed by atoms with Crippen LogP contribution < -0.4 is 9.64 Å². The van der Waals surface area contributed by atoms with E-state index in [1.54, 1.807) is 24.3 Å². The summed E-state index contributed by atoms with van der Waals surface area (Å²) in [6, 6.07) is 18.7. The van der Waals surface area contributed by atoms with E-state index in [1.165, 1.54) is 0 Å². The SMILES string of the molecule is Cc1cc(N(c2ccc(Oc3c(C)cc(O)cc3C)cc2)c2cc(C)c(O)cc2C)c(C)cc1O. The van der Waals surface area contributed by atoms with Crippen molar-refractivity contribution in [3.8, 4) is 28.7 Å². The summed E-state index contributed by atoms with van der Waals surface area (Å²) >= 11 is 0. The summed E-state index contributed by atoms with van der Waals surface area (Å²) in [6.07, 6.45) is 0. The first-order valence-corrected chi connectivity index (χ1v) is 11.5. The lowest BCUT2D eigenvalue weighted by Gasteiger charge is -2.29. The van der Waals surface area contributed by atoms with Crippen molar-refractivity contribution in [2.45, 2.75) is 41.5 Å². The van der Waals surface area contributed by atoms with Crippen LogP contribution in [0, 0.1) is 41.5 Å². The zero-order valence-electron chi connectivity index (χ0n) is 21.0. The normalized spacial score (nSPS) is 10.9. The molecule has 0 aliphatic rings. The molecular weight excluding hydrogens is 438 g/mol. The molecule has 0 heterocycles. The van der Waals surface area contributed by atoms with Gasteiger partial charge in [0.2, 0.25) is 0 Å². The molecule has 0 atom stereocenters. The van der Waals surface area contributed by atoms with Crippen LogP contribution in [0.1, 0.15) is 33.4 Å². The van der Waals surface area contributed by atoms with E-state index in [0.717, 1.165) is 56.2 Å². The molecule has 4 aromatic rings. The highest BCUT2D eigenvalue weighted by Gasteiger charge is 2.19. The van der Waals surface area contributed by atoms with Crippen molar-refractivity contribution in [2.24, 2.45) is 0 Å². The third-order valence-electron chi connectivity index (χ3n) is 6.27. The van der Waals surface area contributed by atoms with E-state index < -0.39 is 0 Å². The standard InChI is InChI=1S/C30H31NO4/c1-17-15-28(33)19(3)13-26(17)31(27-14-20(4)29(34)16-18(27)2)23-7-9-25(10-8-23)35-30-21(5)11-24(32)12-22(30)6/h7-16,32-34H,1-6H3. The summed E-state index contributed by atoms with van der Waals surface area (Å²) in [5.41, 5.74) is 7.92. The third kappa shape index (κ3) is 4.76. The van der Waals surface area contributed by atoms with Gasteiger partial charge >= 0.3 is 0 Å². The summed E-state index contributed by atoms with van der Waals surface area (Å²) < 4.78 is 6.16. The molecule has 0 aromatic heterocycles. The highest BCUT2D eigenvalue weighted by molar-refractivity contribution is 5.82. The average molecular weight is 470 g/mol. The molecule has 0 amide bonds. The molecule has 5 nitrogen and oxygen atoms in total. The van der Waals surface area contributed by atoms with Crippen molar-refractivity contribution in [3.63, 3.8) is 0 Å². The van der Waals surface area contributed by atoms with Gasteiger partial charge in [-0.15, -0.1) is 0 Å². The number of ether oxygens (including phenoxy) is 1. The predicted octanol–water partition coefficient (Wildman–Crippen LogP) is 7.92. The van der Waals surface area contributed by atoms with Crippen molar-refractivity contribution in [1.82, 2.24) is 0 Å². The molecule has 0 fully saturated rings. The monoisotopic (exact) mass is 469 g/mol. The van der Waals surface area contributed by atoms with E-state index in [4.69, 9.17) is 4.74 Å². The number of rotatable bonds is 5. The Bertz CT molecular complexity index is 1330. The van der Waals surface area contributed by atoms with Gasteiger partial charge in [-0.2, -0.15) is 0 Å². The molecule has 4 rings (SSSR count). The van der Waals surface area contributed by atoms with Crippen LogP contribution in [0.3, 0.4) is 0 Å². The van der Waals surface area contributed by atoms with E-state index in [2.05, 4.69) is 4.90 Å². The van der Waals surface area contributed by atoms with Crippen LogP contribution in [0.2, 0.25) is 0 Å². The highest BCUT2D eigenvalue weighted by atomic mass is 16.5. The lowest BCUT2D eigenvalue weighted by molar-refractivity contribution is 0.458. The van der Waals surface area contributed by atoms with Gasteiger partial charge in [0, 0.05) is 17.1 Å². The van der Waals surface area contributed by atoms with E-state index in [-0.39, 0.29) is 17.2 Å². The van der Waals surface area contributed by atoms with E-state index in [1.807, 2.05) is 77.9 Å². The van der Waals surface area contributed by atoms with Crippen molar-refractivity contribution in [2.75, 3.05) is 4.90 Å². The van der Waals surface area contributed by atoms with Crippen LogP contribution in [0.25, 0.3) is 0 Å². The first-order chi connectivity index (χ1) is 16.5. The number of anilines is 3. The molecule has 0 saturated heterocycles. The molecule has 35 heavy (non-hydrogen) atoms. The lowest BCUT2D eigenvalue weighted by atomic mass is 10.0. The van der Waals surface area contributed by atoms with E-state index in [0.29, 0.717) is 5.75 Å². The molecule has 180 valence electrons. The molecule has 0 bridgehead atoms. The van der Waals surface area contributed by atoms with Crippen molar-refractivity contribution in [3.05, 3.63) is 94.0 Å². The Hall–Kier alpha value is -4.12. The molecule has 4 aromatic carbocycles. The van der Waals surface area contributed by atoms with Crippen LogP contribution >= 0.6 is 0 Å². The Morgan fingerprint density at radius 1 is 0.543 bits per heavy atom. The van der Waals surface area contributed by atoms with Crippen LogP contribution in [-0.4, -0.2) is 15.3 Å². The zero-order chi connectivity index (χ0) is 25.4. The van der Waals surface area contributed by atoms with Crippen molar-refractivity contribution < 1.29 is 20.1 Å². The van der Waals surface area contributed by atoms with Crippen LogP contribution in [0.4, 0.5) is 17.1 Å². The van der Waals surface area contributed by atoms with Crippen molar-refractivity contribution in [1.29, 1.82) is 0 Å². The van der Waals surface area contributed by atoms with Gasteiger partial charge in [-0.3, -0.25) is 0 Å². The first kappa shape index (κ1) is 24.0. The predicted molar refractivity (Wildman–Crippen MR) is 141 cm³/mol. The van der Waals surface area contributed by atoms with Gasteiger partial charge in [0.05, 0.1) is 0 Å². The van der Waals surface area contributed by atoms with Gasteiger partial charge in [-0.25, -0.2) is 0 Å². The third-order valence-corrected chi connectivity index (χ3v) is 6.27. The largest absolute Gasteiger partial charge is 0.508 e. The molecule has 0 saturated carbocycles. The first-order valence-electron chi connectivity index (χ1n) is 11.5. The van der Waals surface area contributed by atoms with Gasteiger partial charge in [0.25, 0.3) is 0 Å². The summed E-state index contributed by atoms with van der Waals surface area (Å²) in [6.45, 7) is 11.5. The molecule has 3 N–H and O–H groups in total. The topological polar surface area (TPSA) is 73.2 Å². The van der Waals surface area contributed by atoms with E-state index >= 15 is 0 Å². The fourth-order valence-electron chi connectivity index (χ4n) is 4.33. The van der Waals surface area contributed by atoms with E-state index in [9.17, 15) is 15.3 Å². The van der Waals surface area contributed by atoms with Gasteiger partial charge < -0.3 is 25.0 Å². The van der Waals surface area contributed by atoms with Crippen LogP contribution in [0.5, 0.6) is 28.7 Å². The quantitative estimate of drug-likeness (QED) is 0.277. The maximum atomic E-state index is 10.2. The summed E-state index contributed by atoms with van der Waals surface area (Å²) in [5.74, 6) is 2.14. The number of aromatic hydroxyl groups is 3. The average Bonchev–Trinajstić information content (AvgIpc) is 2.78. The molecule has 0 aliphatic carbocycles. The molecule has 5 heteroatoms. The second-order valence-electron chi connectivity index (χ2n) is 9.19. The number of phenols is 3. The number of benzene rings is 4. The lowest BCUT2D eigenvalue weighted by Crippen LogP contribution is -2.13.